The largest absolute Gasteiger partial charge is 0.372 e. The molecule has 84 valence electrons. The zero-order valence-corrected chi connectivity index (χ0v) is 9.55. The number of methoxy groups -OCH3 is 1. The van der Waals surface area contributed by atoms with Crippen LogP contribution in [0.3, 0.4) is 0 Å². The van der Waals surface area contributed by atoms with Crippen molar-refractivity contribution in [3.8, 4) is 0 Å². The minimum Gasteiger partial charge on any atom is -0.372 e. The van der Waals surface area contributed by atoms with Crippen molar-refractivity contribution in [3.63, 3.8) is 0 Å². The molecular formula is C10H17N3O2. The van der Waals surface area contributed by atoms with E-state index in [1.54, 1.807) is 6.92 Å². The molecule has 0 aliphatic rings. The predicted octanol–water partition coefficient (Wildman–Crippen LogP) is 1.25. The molecule has 0 bridgehead atoms. The Kier molecular flexibility index (Phi) is 3.85. The lowest BCUT2D eigenvalue weighted by Crippen LogP contribution is -2.27. The van der Waals surface area contributed by atoms with Gasteiger partial charge in [0.2, 0.25) is 0 Å². The van der Waals surface area contributed by atoms with Crippen LogP contribution in [0.25, 0.3) is 0 Å². The van der Waals surface area contributed by atoms with Gasteiger partial charge in [-0.15, -0.1) is 0 Å². The number of anilines is 1. The van der Waals surface area contributed by atoms with Crippen LogP contribution in [0, 0.1) is 6.92 Å². The first-order chi connectivity index (χ1) is 7.10. The summed E-state index contributed by atoms with van der Waals surface area (Å²) in [5.41, 5.74) is 2.02. The van der Waals surface area contributed by atoms with Crippen LogP contribution in [0.15, 0.2) is 0 Å². The standard InChI is InChI=1S/C10H17N3O2/c1-5-8-6(2)9(13-12-8)11-10(14)7(3)15-4/h7H,5H2,1-4H3,(H2,11,12,13,14)/t7-/m1/s1. The van der Waals surface area contributed by atoms with E-state index in [4.69, 9.17) is 4.74 Å². The van der Waals surface area contributed by atoms with Gasteiger partial charge >= 0.3 is 0 Å². The second-order valence-corrected chi connectivity index (χ2v) is 3.40. The molecule has 0 spiro atoms. The van der Waals surface area contributed by atoms with Crippen LogP contribution >= 0.6 is 0 Å². The maximum absolute atomic E-state index is 11.5. The number of amides is 1. The van der Waals surface area contributed by atoms with E-state index in [1.165, 1.54) is 7.11 Å². The third-order valence-electron chi connectivity index (χ3n) is 2.43. The number of carbonyl (C=O) groups excluding carboxylic acids is 1. The Balaban J connectivity index is 2.72. The third kappa shape index (κ3) is 2.56. The van der Waals surface area contributed by atoms with Crippen molar-refractivity contribution in [2.24, 2.45) is 0 Å². The highest BCUT2D eigenvalue weighted by atomic mass is 16.5. The fraction of sp³-hybridized carbons (Fsp3) is 0.600. The van der Waals surface area contributed by atoms with E-state index in [2.05, 4.69) is 15.5 Å². The van der Waals surface area contributed by atoms with Crippen LogP contribution in [0.1, 0.15) is 25.1 Å². The van der Waals surface area contributed by atoms with Crippen molar-refractivity contribution in [1.29, 1.82) is 0 Å². The van der Waals surface area contributed by atoms with E-state index >= 15 is 0 Å². The minimum atomic E-state index is -0.467. The number of nitrogens with one attached hydrogen (secondary N) is 2. The molecule has 1 amide bonds. The summed E-state index contributed by atoms with van der Waals surface area (Å²) in [5, 5.41) is 9.62. The molecule has 0 saturated carbocycles. The molecule has 0 aliphatic heterocycles. The number of hydrogen-bond acceptors (Lipinski definition) is 3. The number of nitrogens with zero attached hydrogens (tertiary/aromatic N) is 1. The maximum atomic E-state index is 11.5. The highest BCUT2D eigenvalue weighted by Crippen LogP contribution is 2.15. The number of aryl methyl sites for hydroxylation is 1. The number of carbonyl (C=O) groups is 1. The van der Waals surface area contributed by atoms with Crippen LogP contribution in [0.4, 0.5) is 5.82 Å². The summed E-state index contributed by atoms with van der Waals surface area (Å²) in [5.74, 6) is 0.399. The number of hydrogen-bond donors (Lipinski definition) is 2. The van der Waals surface area contributed by atoms with Gasteiger partial charge in [-0.25, -0.2) is 0 Å². The highest BCUT2D eigenvalue weighted by molar-refractivity contribution is 5.93. The molecular weight excluding hydrogens is 194 g/mol. The van der Waals surface area contributed by atoms with E-state index in [1.807, 2.05) is 13.8 Å². The molecule has 0 fully saturated rings. The monoisotopic (exact) mass is 211 g/mol. The number of rotatable bonds is 4. The molecule has 1 rings (SSSR count). The van der Waals surface area contributed by atoms with Crippen molar-refractivity contribution in [1.82, 2.24) is 10.2 Å². The SMILES string of the molecule is CCc1[nH]nc(NC(=O)[C@@H](C)OC)c1C. The molecule has 1 aromatic rings. The normalized spacial score (nSPS) is 12.5. The number of H-pyrrole nitrogens is 1. The van der Waals surface area contributed by atoms with E-state index in [0.717, 1.165) is 17.7 Å². The van der Waals surface area contributed by atoms with Gasteiger partial charge in [0.25, 0.3) is 5.91 Å². The quantitative estimate of drug-likeness (QED) is 0.787. The molecule has 0 aliphatic carbocycles. The molecule has 0 unspecified atom stereocenters. The van der Waals surface area contributed by atoms with Crippen molar-refractivity contribution >= 4 is 11.7 Å². The van der Waals surface area contributed by atoms with E-state index in [0.29, 0.717) is 5.82 Å². The first-order valence-electron chi connectivity index (χ1n) is 4.97. The lowest BCUT2D eigenvalue weighted by molar-refractivity contribution is -0.124. The molecule has 1 heterocycles. The second kappa shape index (κ2) is 4.93. The van der Waals surface area contributed by atoms with Gasteiger partial charge in [0, 0.05) is 18.4 Å². The van der Waals surface area contributed by atoms with Crippen LogP contribution < -0.4 is 5.32 Å². The molecule has 0 saturated heterocycles. The van der Waals surface area contributed by atoms with Crippen LogP contribution in [-0.2, 0) is 16.0 Å². The Labute approximate surface area is 89.2 Å². The highest BCUT2D eigenvalue weighted by Gasteiger charge is 2.15. The summed E-state index contributed by atoms with van der Waals surface area (Å²) in [4.78, 5) is 11.5. The minimum absolute atomic E-state index is 0.185. The maximum Gasteiger partial charge on any atom is 0.254 e. The van der Waals surface area contributed by atoms with Crippen molar-refractivity contribution in [2.75, 3.05) is 12.4 Å². The summed E-state index contributed by atoms with van der Waals surface area (Å²) in [6.07, 6.45) is 0.403. The lowest BCUT2D eigenvalue weighted by atomic mass is 10.2. The first kappa shape index (κ1) is 11.7. The number of aromatic nitrogens is 2. The molecule has 1 aromatic heterocycles. The molecule has 5 heteroatoms. The van der Waals surface area contributed by atoms with Crippen molar-refractivity contribution < 1.29 is 9.53 Å². The van der Waals surface area contributed by atoms with Gasteiger partial charge in [0.15, 0.2) is 5.82 Å². The molecule has 0 radical (unpaired) electrons. The zero-order valence-electron chi connectivity index (χ0n) is 9.55. The summed E-state index contributed by atoms with van der Waals surface area (Å²) in [6.45, 7) is 5.65. The number of ether oxygens (including phenoxy) is 1. The molecule has 2 N–H and O–H groups in total. The summed E-state index contributed by atoms with van der Waals surface area (Å²) in [6, 6.07) is 0. The zero-order chi connectivity index (χ0) is 11.4. The average molecular weight is 211 g/mol. The van der Waals surface area contributed by atoms with E-state index in [-0.39, 0.29) is 5.91 Å². The van der Waals surface area contributed by atoms with Gasteiger partial charge in [0.05, 0.1) is 0 Å². The van der Waals surface area contributed by atoms with Gasteiger partial charge in [-0.05, 0) is 20.3 Å². The Morgan fingerprint density at radius 3 is 2.80 bits per heavy atom. The van der Waals surface area contributed by atoms with Gasteiger partial charge in [-0.3, -0.25) is 9.89 Å². The Bertz CT molecular complexity index is 346. The summed E-state index contributed by atoms with van der Waals surface area (Å²) >= 11 is 0. The smallest absolute Gasteiger partial charge is 0.254 e. The predicted molar refractivity (Wildman–Crippen MR) is 57.8 cm³/mol. The fourth-order valence-corrected chi connectivity index (χ4v) is 1.23. The number of aromatic amines is 1. The Morgan fingerprint density at radius 2 is 2.33 bits per heavy atom. The molecule has 5 nitrogen and oxygen atoms in total. The van der Waals surface area contributed by atoms with Crippen molar-refractivity contribution in [3.05, 3.63) is 11.3 Å². The summed E-state index contributed by atoms with van der Waals surface area (Å²) in [7, 11) is 1.50. The molecule has 1 atom stereocenters. The lowest BCUT2D eigenvalue weighted by Gasteiger charge is -2.08. The summed E-state index contributed by atoms with van der Waals surface area (Å²) < 4.78 is 4.91. The van der Waals surface area contributed by atoms with Gasteiger partial charge in [0.1, 0.15) is 6.10 Å². The van der Waals surface area contributed by atoms with Crippen LogP contribution in [0.2, 0.25) is 0 Å². The topological polar surface area (TPSA) is 67.0 Å². The van der Waals surface area contributed by atoms with E-state index in [9.17, 15) is 4.79 Å². The average Bonchev–Trinajstić information content (AvgIpc) is 2.58. The Hall–Kier alpha value is -1.36. The first-order valence-corrected chi connectivity index (χ1v) is 4.97. The van der Waals surface area contributed by atoms with E-state index < -0.39 is 6.10 Å². The van der Waals surface area contributed by atoms with Gasteiger partial charge < -0.3 is 10.1 Å². The Morgan fingerprint density at radius 1 is 1.67 bits per heavy atom. The van der Waals surface area contributed by atoms with Crippen LogP contribution in [-0.4, -0.2) is 29.3 Å². The van der Waals surface area contributed by atoms with Crippen LogP contribution in [0.5, 0.6) is 0 Å². The molecule has 15 heavy (non-hydrogen) atoms. The van der Waals surface area contributed by atoms with Gasteiger partial charge in [-0.1, -0.05) is 6.92 Å². The fourth-order valence-electron chi connectivity index (χ4n) is 1.23. The second-order valence-electron chi connectivity index (χ2n) is 3.40. The molecule has 0 aromatic carbocycles. The third-order valence-corrected chi connectivity index (χ3v) is 2.43. The van der Waals surface area contributed by atoms with Gasteiger partial charge in [-0.2, -0.15) is 5.10 Å². The van der Waals surface area contributed by atoms with Crippen molar-refractivity contribution in [2.45, 2.75) is 33.3 Å².